The van der Waals surface area contributed by atoms with Crippen molar-refractivity contribution in [3.63, 3.8) is 0 Å². The molecular formula is C27H21FN8O5. The van der Waals surface area contributed by atoms with Gasteiger partial charge >= 0.3 is 0 Å². The average Bonchev–Trinajstić information content (AvgIpc) is 3.49. The van der Waals surface area contributed by atoms with Gasteiger partial charge in [-0.3, -0.25) is 29.6 Å². The van der Waals surface area contributed by atoms with Crippen molar-refractivity contribution in [3.8, 4) is 28.4 Å². The van der Waals surface area contributed by atoms with Crippen molar-refractivity contribution in [1.29, 1.82) is 0 Å². The van der Waals surface area contributed by atoms with Gasteiger partial charge in [-0.05, 0) is 24.3 Å². The van der Waals surface area contributed by atoms with Crippen LogP contribution in [0.5, 0.6) is 5.88 Å². The standard InChI is InChI=1S/C14H12N4O3.C13H9FN4O2/c1-17-12-4-3-10(18(19)20)8-11(12)14(16-17)9-5-6-15-13(7-9)21-2;1-17-11-3-2-9(18(19)20)7-10(11)13(16-17)8-4-5-15-12(14)6-8/h3-8H,1-2H3;2-7H,1H3. The second-order valence-electron chi connectivity index (χ2n) is 8.82. The summed E-state index contributed by atoms with van der Waals surface area (Å²) in [5.41, 5.74) is 4.06. The second kappa shape index (κ2) is 10.8. The molecule has 0 aliphatic heterocycles. The summed E-state index contributed by atoms with van der Waals surface area (Å²) in [5, 5.41) is 31.9. The quantitative estimate of drug-likeness (QED) is 0.157. The number of halogens is 1. The third-order valence-corrected chi connectivity index (χ3v) is 6.31. The molecule has 0 amide bonds. The van der Waals surface area contributed by atoms with E-state index in [2.05, 4.69) is 20.2 Å². The van der Waals surface area contributed by atoms with Crippen LogP contribution < -0.4 is 4.74 Å². The number of nitro groups is 2. The van der Waals surface area contributed by atoms with Gasteiger partial charge in [-0.1, -0.05) is 0 Å². The summed E-state index contributed by atoms with van der Waals surface area (Å²) < 4.78 is 21.6. The first-order valence-corrected chi connectivity index (χ1v) is 12.0. The van der Waals surface area contributed by atoms with Crippen molar-refractivity contribution in [2.45, 2.75) is 0 Å². The molecule has 0 N–H and O–H groups in total. The number of fused-ring (bicyclic) bond motifs is 2. The monoisotopic (exact) mass is 556 g/mol. The molecule has 6 rings (SSSR count). The predicted octanol–water partition coefficient (Wildman–Crippen LogP) is 5.23. The molecule has 0 radical (unpaired) electrons. The van der Waals surface area contributed by atoms with Crippen LogP contribution in [0.1, 0.15) is 0 Å². The number of hydrogen-bond acceptors (Lipinski definition) is 9. The van der Waals surface area contributed by atoms with E-state index in [9.17, 15) is 24.6 Å². The first-order chi connectivity index (χ1) is 19.7. The zero-order chi connectivity index (χ0) is 29.3. The van der Waals surface area contributed by atoms with Crippen molar-refractivity contribution in [1.82, 2.24) is 29.5 Å². The number of aromatic nitrogens is 6. The van der Waals surface area contributed by atoms with Crippen LogP contribution in [0.2, 0.25) is 0 Å². The Hall–Kier alpha value is -5.79. The molecule has 0 fully saturated rings. The molecule has 0 saturated heterocycles. The van der Waals surface area contributed by atoms with E-state index in [1.807, 2.05) is 0 Å². The molecule has 13 nitrogen and oxygen atoms in total. The number of benzene rings is 2. The Morgan fingerprint density at radius 3 is 1.68 bits per heavy atom. The van der Waals surface area contributed by atoms with Crippen molar-refractivity contribution >= 4 is 33.2 Å². The lowest BCUT2D eigenvalue weighted by Crippen LogP contribution is -1.91. The van der Waals surface area contributed by atoms with Gasteiger partial charge in [0, 0.05) is 84.8 Å². The summed E-state index contributed by atoms with van der Waals surface area (Å²) in [6.07, 6.45) is 2.95. The Labute approximate surface area is 230 Å². The highest BCUT2D eigenvalue weighted by molar-refractivity contribution is 5.95. The largest absolute Gasteiger partial charge is 0.481 e. The molecule has 206 valence electrons. The number of hydrogen-bond donors (Lipinski definition) is 0. The van der Waals surface area contributed by atoms with Crippen LogP contribution in [-0.4, -0.2) is 46.5 Å². The predicted molar refractivity (Wildman–Crippen MR) is 148 cm³/mol. The lowest BCUT2D eigenvalue weighted by molar-refractivity contribution is -0.384. The Balaban J connectivity index is 0.000000165. The SMILES string of the molecule is COc1cc(-c2nn(C)c3ccc([N+](=O)[O-])cc23)ccn1.Cn1nc(-c2ccnc(F)c2)c2cc([N+](=O)[O-])ccc21. The van der Waals surface area contributed by atoms with Crippen molar-refractivity contribution in [2.75, 3.05) is 7.11 Å². The molecule has 0 aliphatic carbocycles. The molecule has 6 aromatic rings. The summed E-state index contributed by atoms with van der Waals surface area (Å²) in [6, 6.07) is 15.6. The Bertz CT molecular complexity index is 1950. The fourth-order valence-corrected chi connectivity index (χ4v) is 4.38. The lowest BCUT2D eigenvalue weighted by atomic mass is 10.1. The number of ether oxygens (including phenoxy) is 1. The zero-order valence-electron chi connectivity index (χ0n) is 21.9. The molecule has 41 heavy (non-hydrogen) atoms. The van der Waals surface area contributed by atoms with Gasteiger partial charge in [-0.25, -0.2) is 9.97 Å². The topological polar surface area (TPSA) is 157 Å². The fraction of sp³-hybridized carbons (Fsp3) is 0.111. The van der Waals surface area contributed by atoms with E-state index in [-0.39, 0.29) is 11.4 Å². The third kappa shape index (κ3) is 5.25. The van der Waals surface area contributed by atoms with Crippen LogP contribution in [0.25, 0.3) is 44.3 Å². The van der Waals surface area contributed by atoms with Gasteiger partial charge in [0.1, 0.15) is 11.4 Å². The van der Waals surface area contributed by atoms with Gasteiger partial charge in [0.2, 0.25) is 11.8 Å². The fourth-order valence-electron chi connectivity index (χ4n) is 4.38. The molecule has 2 aromatic carbocycles. The molecule has 0 aliphatic rings. The normalized spacial score (nSPS) is 10.8. The molecule has 14 heteroatoms. The first-order valence-electron chi connectivity index (χ1n) is 12.0. The molecule has 4 heterocycles. The van der Waals surface area contributed by atoms with Crippen molar-refractivity contribution in [2.24, 2.45) is 14.1 Å². The minimum atomic E-state index is -0.619. The third-order valence-electron chi connectivity index (χ3n) is 6.31. The van der Waals surface area contributed by atoms with Crippen molar-refractivity contribution < 1.29 is 19.0 Å². The number of rotatable bonds is 5. The second-order valence-corrected chi connectivity index (χ2v) is 8.82. The van der Waals surface area contributed by atoms with Crippen LogP contribution in [0.3, 0.4) is 0 Å². The van der Waals surface area contributed by atoms with Gasteiger partial charge in [0.05, 0.1) is 28.0 Å². The van der Waals surface area contributed by atoms with Crippen LogP contribution in [-0.2, 0) is 14.1 Å². The highest BCUT2D eigenvalue weighted by atomic mass is 19.1. The smallest absolute Gasteiger partial charge is 0.270 e. The summed E-state index contributed by atoms with van der Waals surface area (Å²) in [5.74, 6) is -0.150. The molecule has 0 atom stereocenters. The van der Waals surface area contributed by atoms with E-state index in [1.54, 1.807) is 60.0 Å². The van der Waals surface area contributed by atoms with E-state index in [0.29, 0.717) is 28.2 Å². The maximum atomic E-state index is 13.2. The van der Waals surface area contributed by atoms with Gasteiger partial charge in [-0.15, -0.1) is 0 Å². The number of nitro benzene ring substituents is 2. The van der Waals surface area contributed by atoms with Gasteiger partial charge in [0.15, 0.2) is 0 Å². The summed E-state index contributed by atoms with van der Waals surface area (Å²) in [4.78, 5) is 28.5. The maximum absolute atomic E-state index is 13.2. The van der Waals surface area contributed by atoms with Crippen LogP contribution in [0, 0.1) is 26.2 Å². The van der Waals surface area contributed by atoms with Crippen molar-refractivity contribution in [3.05, 3.63) is 99.2 Å². The van der Waals surface area contributed by atoms with E-state index in [1.165, 1.54) is 43.6 Å². The van der Waals surface area contributed by atoms with Gasteiger partial charge < -0.3 is 4.74 Å². The maximum Gasteiger partial charge on any atom is 0.270 e. The average molecular weight is 557 g/mol. The van der Waals surface area contributed by atoms with Gasteiger partial charge in [0.25, 0.3) is 11.4 Å². The Morgan fingerprint density at radius 2 is 1.22 bits per heavy atom. The number of pyridine rings is 2. The Morgan fingerprint density at radius 1 is 0.732 bits per heavy atom. The molecule has 0 spiro atoms. The number of nitrogens with zero attached hydrogens (tertiary/aromatic N) is 8. The molecular weight excluding hydrogens is 535 g/mol. The number of non-ortho nitro benzene ring substituents is 2. The van der Waals surface area contributed by atoms with Crippen LogP contribution in [0.15, 0.2) is 73.1 Å². The zero-order valence-corrected chi connectivity index (χ0v) is 21.9. The number of methoxy groups -OCH3 is 1. The summed E-state index contributed by atoms with van der Waals surface area (Å²) in [7, 11) is 5.07. The lowest BCUT2D eigenvalue weighted by Gasteiger charge is -2.01. The molecule has 0 unspecified atom stereocenters. The summed E-state index contributed by atoms with van der Waals surface area (Å²) >= 11 is 0. The minimum Gasteiger partial charge on any atom is -0.481 e. The molecule has 4 aromatic heterocycles. The van der Waals surface area contributed by atoms with E-state index in [0.717, 1.165) is 22.0 Å². The van der Waals surface area contributed by atoms with E-state index >= 15 is 0 Å². The van der Waals surface area contributed by atoms with Crippen LogP contribution >= 0.6 is 0 Å². The Kier molecular flexibility index (Phi) is 7.04. The highest BCUT2D eigenvalue weighted by Crippen LogP contribution is 2.32. The van der Waals surface area contributed by atoms with E-state index in [4.69, 9.17) is 4.74 Å². The summed E-state index contributed by atoms with van der Waals surface area (Å²) in [6.45, 7) is 0. The highest BCUT2D eigenvalue weighted by Gasteiger charge is 2.17. The van der Waals surface area contributed by atoms with Crippen LogP contribution in [0.4, 0.5) is 15.8 Å². The first kappa shape index (κ1) is 26.8. The molecule has 0 saturated carbocycles. The molecule has 0 bridgehead atoms. The van der Waals surface area contributed by atoms with E-state index < -0.39 is 15.8 Å². The number of aryl methyl sites for hydroxylation is 2. The van der Waals surface area contributed by atoms with Gasteiger partial charge in [-0.2, -0.15) is 14.6 Å². The minimum absolute atomic E-state index is 0.0266.